The first kappa shape index (κ1) is 15.8. The zero-order chi connectivity index (χ0) is 14.3. The van der Waals surface area contributed by atoms with Gasteiger partial charge in [-0.2, -0.15) is 0 Å². The highest BCUT2D eigenvalue weighted by Crippen LogP contribution is 2.22. The van der Waals surface area contributed by atoms with Crippen molar-refractivity contribution in [2.45, 2.75) is 25.8 Å². The first-order valence-corrected chi connectivity index (χ1v) is 6.15. The van der Waals surface area contributed by atoms with Gasteiger partial charge in [0.15, 0.2) is 6.29 Å². The number of benzene rings is 1. The molecule has 0 aromatic heterocycles. The molecule has 1 aromatic carbocycles. The molecule has 1 aromatic rings. The van der Waals surface area contributed by atoms with Gasteiger partial charge in [0.05, 0.1) is 20.3 Å². The van der Waals surface area contributed by atoms with Crippen molar-refractivity contribution in [3.63, 3.8) is 0 Å². The van der Waals surface area contributed by atoms with Gasteiger partial charge < -0.3 is 24.3 Å². The molecule has 1 N–H and O–H groups in total. The summed E-state index contributed by atoms with van der Waals surface area (Å²) in [6.07, 6.45) is -0.271. The fourth-order valence-electron chi connectivity index (χ4n) is 1.85. The summed E-state index contributed by atoms with van der Waals surface area (Å²) in [5.74, 6) is 1.55. The van der Waals surface area contributed by atoms with E-state index in [-0.39, 0.29) is 12.3 Å². The molecular formula is C14H23NO4. The van der Waals surface area contributed by atoms with E-state index in [0.717, 1.165) is 17.1 Å². The average Bonchev–Trinajstić information content (AvgIpc) is 2.45. The van der Waals surface area contributed by atoms with Crippen molar-refractivity contribution in [1.29, 1.82) is 0 Å². The zero-order valence-corrected chi connectivity index (χ0v) is 12.2. The standard InChI is InChI=1S/C14H23NO4/c1-10(14(18-4)19-5)15-9-11-6-12(16-2)8-13(7-11)17-3/h6-8,10,14-15H,9H2,1-5H3. The second-order valence-electron chi connectivity index (χ2n) is 4.23. The van der Waals surface area contributed by atoms with Gasteiger partial charge in [-0.1, -0.05) is 0 Å². The summed E-state index contributed by atoms with van der Waals surface area (Å²) in [4.78, 5) is 0. The Morgan fingerprint density at radius 3 is 1.89 bits per heavy atom. The zero-order valence-electron chi connectivity index (χ0n) is 12.2. The Bertz CT molecular complexity index is 357. The van der Waals surface area contributed by atoms with Crippen molar-refractivity contribution in [3.8, 4) is 11.5 Å². The molecule has 0 amide bonds. The molecule has 0 fully saturated rings. The Morgan fingerprint density at radius 1 is 0.947 bits per heavy atom. The molecule has 0 heterocycles. The van der Waals surface area contributed by atoms with Crippen LogP contribution in [-0.2, 0) is 16.0 Å². The molecule has 0 radical (unpaired) electrons. The minimum absolute atomic E-state index is 0.0761. The monoisotopic (exact) mass is 269 g/mol. The molecule has 5 nitrogen and oxygen atoms in total. The quantitative estimate of drug-likeness (QED) is 0.729. The second kappa shape index (κ2) is 7.99. The van der Waals surface area contributed by atoms with Gasteiger partial charge in [-0.25, -0.2) is 0 Å². The lowest BCUT2D eigenvalue weighted by molar-refractivity contribution is -0.119. The van der Waals surface area contributed by atoms with E-state index in [1.165, 1.54) is 0 Å². The third-order valence-corrected chi connectivity index (χ3v) is 2.91. The third kappa shape index (κ3) is 4.70. The second-order valence-corrected chi connectivity index (χ2v) is 4.23. The summed E-state index contributed by atoms with van der Waals surface area (Å²) >= 11 is 0. The van der Waals surface area contributed by atoms with Crippen molar-refractivity contribution in [1.82, 2.24) is 5.32 Å². The maximum absolute atomic E-state index is 5.24. The SMILES string of the molecule is COc1cc(CNC(C)C(OC)OC)cc(OC)c1. The normalized spacial score (nSPS) is 12.5. The van der Waals surface area contributed by atoms with Crippen molar-refractivity contribution < 1.29 is 18.9 Å². The number of rotatable bonds is 8. The van der Waals surface area contributed by atoms with Gasteiger partial charge in [0, 0.05) is 26.8 Å². The fourth-order valence-corrected chi connectivity index (χ4v) is 1.85. The fraction of sp³-hybridized carbons (Fsp3) is 0.571. The van der Waals surface area contributed by atoms with Crippen molar-refractivity contribution >= 4 is 0 Å². The average molecular weight is 269 g/mol. The van der Waals surface area contributed by atoms with E-state index in [9.17, 15) is 0 Å². The van der Waals surface area contributed by atoms with E-state index in [1.54, 1.807) is 28.4 Å². The molecule has 1 rings (SSSR count). The third-order valence-electron chi connectivity index (χ3n) is 2.91. The predicted molar refractivity (Wildman–Crippen MR) is 73.7 cm³/mol. The molecule has 0 aliphatic carbocycles. The lowest BCUT2D eigenvalue weighted by Crippen LogP contribution is -2.39. The minimum Gasteiger partial charge on any atom is -0.497 e. The Morgan fingerprint density at radius 2 is 1.47 bits per heavy atom. The highest BCUT2D eigenvalue weighted by Gasteiger charge is 2.15. The summed E-state index contributed by atoms with van der Waals surface area (Å²) in [6, 6.07) is 5.86. The van der Waals surface area contributed by atoms with Gasteiger partial charge in [-0.3, -0.25) is 0 Å². The van der Waals surface area contributed by atoms with Gasteiger partial charge >= 0.3 is 0 Å². The number of hydrogen-bond donors (Lipinski definition) is 1. The van der Waals surface area contributed by atoms with E-state index in [0.29, 0.717) is 6.54 Å². The summed E-state index contributed by atoms with van der Waals surface area (Å²) in [5.41, 5.74) is 1.08. The molecule has 1 unspecified atom stereocenters. The maximum atomic E-state index is 5.24. The van der Waals surface area contributed by atoms with Crippen LogP contribution >= 0.6 is 0 Å². The van der Waals surface area contributed by atoms with E-state index in [4.69, 9.17) is 18.9 Å². The summed E-state index contributed by atoms with van der Waals surface area (Å²) < 4.78 is 20.9. The van der Waals surface area contributed by atoms with Gasteiger partial charge in [0.2, 0.25) is 0 Å². The Kier molecular flexibility index (Phi) is 6.62. The number of ether oxygens (including phenoxy) is 4. The molecule has 108 valence electrons. The van der Waals surface area contributed by atoms with Gasteiger partial charge in [-0.15, -0.1) is 0 Å². The summed E-state index contributed by atoms with van der Waals surface area (Å²) in [7, 11) is 6.53. The maximum Gasteiger partial charge on any atom is 0.171 e. The van der Waals surface area contributed by atoms with Crippen LogP contribution in [0.15, 0.2) is 18.2 Å². The molecule has 1 atom stereocenters. The number of nitrogens with one attached hydrogen (secondary N) is 1. The summed E-state index contributed by atoms with van der Waals surface area (Å²) in [6.45, 7) is 2.69. The minimum atomic E-state index is -0.271. The highest BCUT2D eigenvalue weighted by atomic mass is 16.7. The van der Waals surface area contributed by atoms with E-state index >= 15 is 0 Å². The first-order chi connectivity index (χ1) is 9.14. The molecule has 5 heteroatoms. The number of hydrogen-bond acceptors (Lipinski definition) is 5. The van der Waals surface area contributed by atoms with E-state index < -0.39 is 0 Å². The van der Waals surface area contributed by atoms with Gasteiger partial charge in [0.1, 0.15) is 11.5 Å². The van der Waals surface area contributed by atoms with Crippen molar-refractivity contribution in [3.05, 3.63) is 23.8 Å². The highest BCUT2D eigenvalue weighted by molar-refractivity contribution is 5.38. The van der Waals surface area contributed by atoms with Crippen molar-refractivity contribution in [2.75, 3.05) is 28.4 Å². The Balaban J connectivity index is 2.66. The topological polar surface area (TPSA) is 49.0 Å². The molecular weight excluding hydrogens is 246 g/mol. The van der Waals surface area contributed by atoms with Crippen LogP contribution < -0.4 is 14.8 Å². The van der Waals surface area contributed by atoms with Crippen molar-refractivity contribution in [2.24, 2.45) is 0 Å². The van der Waals surface area contributed by atoms with Crippen LogP contribution in [0.2, 0.25) is 0 Å². The lowest BCUT2D eigenvalue weighted by Gasteiger charge is -2.22. The van der Waals surface area contributed by atoms with Crippen LogP contribution in [0.1, 0.15) is 12.5 Å². The molecule has 0 saturated carbocycles. The molecule has 0 aliphatic heterocycles. The Hall–Kier alpha value is -1.30. The van der Waals surface area contributed by atoms with E-state index in [2.05, 4.69) is 5.32 Å². The molecule has 0 bridgehead atoms. The van der Waals surface area contributed by atoms with E-state index in [1.807, 2.05) is 25.1 Å². The number of methoxy groups -OCH3 is 4. The smallest absolute Gasteiger partial charge is 0.171 e. The van der Waals surface area contributed by atoms with Crippen LogP contribution in [0.4, 0.5) is 0 Å². The lowest BCUT2D eigenvalue weighted by atomic mass is 10.2. The van der Waals surface area contributed by atoms with Crippen LogP contribution in [-0.4, -0.2) is 40.8 Å². The Labute approximate surface area is 114 Å². The van der Waals surface area contributed by atoms with Crippen LogP contribution in [0, 0.1) is 0 Å². The molecule has 0 aliphatic rings. The summed E-state index contributed by atoms with van der Waals surface area (Å²) in [5, 5.41) is 3.34. The molecule has 0 spiro atoms. The van der Waals surface area contributed by atoms with Gasteiger partial charge in [0.25, 0.3) is 0 Å². The predicted octanol–water partition coefficient (Wildman–Crippen LogP) is 1.80. The first-order valence-electron chi connectivity index (χ1n) is 6.15. The molecule has 0 saturated heterocycles. The van der Waals surface area contributed by atoms with Crippen LogP contribution in [0.25, 0.3) is 0 Å². The van der Waals surface area contributed by atoms with Gasteiger partial charge in [-0.05, 0) is 24.6 Å². The largest absolute Gasteiger partial charge is 0.497 e. The molecule has 19 heavy (non-hydrogen) atoms. The van der Waals surface area contributed by atoms with Crippen LogP contribution in [0.5, 0.6) is 11.5 Å². The van der Waals surface area contributed by atoms with Crippen LogP contribution in [0.3, 0.4) is 0 Å².